The molecule has 3 unspecified atom stereocenters. The fourth-order valence-corrected chi connectivity index (χ4v) is 6.36. The van der Waals surface area contributed by atoms with E-state index in [9.17, 15) is 19.8 Å². The molecule has 0 aromatic carbocycles. The summed E-state index contributed by atoms with van der Waals surface area (Å²) in [6.45, 7) is 6.15. The molecule has 0 spiro atoms. The van der Waals surface area contributed by atoms with Crippen LogP contribution in [-0.4, -0.2) is 46.9 Å². The zero-order valence-corrected chi connectivity index (χ0v) is 38.3. The van der Waals surface area contributed by atoms with Crippen LogP contribution in [0.4, 0.5) is 0 Å². The zero-order chi connectivity index (χ0) is 43.8. The SMILES string of the molecule is CC/C=C\C/C=C\C/C=C\C/C=C\C/C=C\CC(CC(=O)NC(CO)C(O)CCCCCCCCCCCCCCC)OC(=O)CCC/C=C/C=C\C=C/C=C/C=C/CC. The average molecular weight is 830 g/mol. The van der Waals surface area contributed by atoms with Gasteiger partial charge in [0.05, 0.1) is 25.2 Å². The van der Waals surface area contributed by atoms with Gasteiger partial charge in [0.2, 0.25) is 5.91 Å². The van der Waals surface area contributed by atoms with Gasteiger partial charge in [0.15, 0.2) is 0 Å². The van der Waals surface area contributed by atoms with Gasteiger partial charge in [-0.05, 0) is 57.8 Å². The van der Waals surface area contributed by atoms with Crippen LogP contribution in [0.2, 0.25) is 0 Å². The highest BCUT2D eigenvalue weighted by Crippen LogP contribution is 2.15. The van der Waals surface area contributed by atoms with E-state index in [1.54, 1.807) is 0 Å². The molecule has 6 nitrogen and oxygen atoms in total. The molecule has 0 aliphatic heterocycles. The third kappa shape index (κ3) is 41.0. The second kappa shape index (κ2) is 46.3. The Hall–Kier alpha value is -3.74. The quantitative estimate of drug-likeness (QED) is 0.0247. The van der Waals surface area contributed by atoms with Gasteiger partial charge in [-0.2, -0.15) is 0 Å². The first-order valence-electron chi connectivity index (χ1n) is 23.8. The molecule has 338 valence electrons. The number of aliphatic hydroxyl groups excluding tert-OH is 2. The molecule has 0 saturated carbocycles. The van der Waals surface area contributed by atoms with Crippen molar-refractivity contribution in [2.75, 3.05) is 6.61 Å². The molecule has 0 aliphatic carbocycles. The number of carbonyl (C=O) groups is 2. The molecule has 1 amide bonds. The summed E-state index contributed by atoms with van der Waals surface area (Å²) in [6.07, 6.45) is 64.2. The highest BCUT2D eigenvalue weighted by molar-refractivity contribution is 5.77. The lowest BCUT2D eigenvalue weighted by Gasteiger charge is -2.24. The first-order chi connectivity index (χ1) is 29.5. The minimum Gasteiger partial charge on any atom is -0.461 e. The Labute approximate surface area is 368 Å². The van der Waals surface area contributed by atoms with Crippen molar-refractivity contribution in [3.8, 4) is 0 Å². The van der Waals surface area contributed by atoms with Crippen LogP contribution in [0.5, 0.6) is 0 Å². The van der Waals surface area contributed by atoms with Gasteiger partial charge in [0, 0.05) is 12.8 Å². The molecule has 0 saturated heterocycles. The Balaban J connectivity index is 4.88. The zero-order valence-electron chi connectivity index (χ0n) is 38.3. The highest BCUT2D eigenvalue weighted by atomic mass is 16.5. The fraction of sp³-hybridized carbons (Fsp3) is 0.593. The van der Waals surface area contributed by atoms with Crippen molar-refractivity contribution >= 4 is 11.9 Å². The van der Waals surface area contributed by atoms with E-state index in [1.165, 1.54) is 64.2 Å². The topological polar surface area (TPSA) is 95.9 Å². The van der Waals surface area contributed by atoms with Crippen molar-refractivity contribution in [3.05, 3.63) is 122 Å². The van der Waals surface area contributed by atoms with Gasteiger partial charge >= 0.3 is 5.97 Å². The van der Waals surface area contributed by atoms with Gasteiger partial charge in [-0.15, -0.1) is 0 Å². The summed E-state index contributed by atoms with van der Waals surface area (Å²) in [5, 5.41) is 23.6. The average Bonchev–Trinajstić information content (AvgIpc) is 3.24. The molecule has 0 radical (unpaired) electrons. The molecular formula is C54H87NO5. The van der Waals surface area contributed by atoms with E-state index < -0.39 is 18.2 Å². The third-order valence-electron chi connectivity index (χ3n) is 9.92. The second-order valence-electron chi connectivity index (χ2n) is 15.5. The smallest absolute Gasteiger partial charge is 0.306 e. The Bertz CT molecular complexity index is 1300. The minimum absolute atomic E-state index is 0.0374. The molecule has 60 heavy (non-hydrogen) atoms. The molecule has 0 fully saturated rings. The summed E-state index contributed by atoms with van der Waals surface area (Å²) in [6, 6.07) is -0.754. The van der Waals surface area contributed by atoms with E-state index >= 15 is 0 Å². The summed E-state index contributed by atoms with van der Waals surface area (Å²) < 4.78 is 5.81. The normalized spacial score (nSPS) is 14.4. The van der Waals surface area contributed by atoms with Gasteiger partial charge in [-0.1, -0.05) is 226 Å². The van der Waals surface area contributed by atoms with Crippen LogP contribution in [0.1, 0.15) is 181 Å². The number of amides is 1. The maximum Gasteiger partial charge on any atom is 0.306 e. The van der Waals surface area contributed by atoms with E-state index in [1.807, 2.05) is 66.8 Å². The van der Waals surface area contributed by atoms with Crippen LogP contribution in [0.15, 0.2) is 122 Å². The molecule has 3 N–H and O–H groups in total. The number of hydrogen-bond donors (Lipinski definition) is 3. The fourth-order valence-electron chi connectivity index (χ4n) is 6.36. The van der Waals surface area contributed by atoms with Crippen LogP contribution in [0.3, 0.4) is 0 Å². The van der Waals surface area contributed by atoms with Gasteiger partial charge in [0.1, 0.15) is 6.10 Å². The van der Waals surface area contributed by atoms with Crippen molar-refractivity contribution in [2.24, 2.45) is 0 Å². The number of aliphatic hydroxyl groups is 2. The summed E-state index contributed by atoms with van der Waals surface area (Å²) in [5.74, 6) is -0.683. The first kappa shape index (κ1) is 56.3. The molecule has 0 bridgehead atoms. The molecule has 6 heteroatoms. The predicted molar refractivity (Wildman–Crippen MR) is 259 cm³/mol. The van der Waals surface area contributed by atoms with Gasteiger partial charge in [-0.3, -0.25) is 9.59 Å². The highest BCUT2D eigenvalue weighted by Gasteiger charge is 2.23. The van der Waals surface area contributed by atoms with Crippen LogP contribution < -0.4 is 5.32 Å². The van der Waals surface area contributed by atoms with E-state index in [0.717, 1.165) is 64.2 Å². The molecule has 0 heterocycles. The van der Waals surface area contributed by atoms with E-state index in [2.05, 4.69) is 80.8 Å². The second-order valence-corrected chi connectivity index (χ2v) is 15.5. The Morgan fingerprint density at radius 2 is 0.983 bits per heavy atom. The van der Waals surface area contributed by atoms with Crippen LogP contribution in [0.25, 0.3) is 0 Å². The molecule has 0 aromatic rings. The lowest BCUT2D eigenvalue weighted by Crippen LogP contribution is -2.46. The molecule has 0 rings (SSSR count). The van der Waals surface area contributed by atoms with E-state index in [4.69, 9.17) is 4.74 Å². The minimum atomic E-state index is -0.831. The number of ether oxygens (including phenoxy) is 1. The van der Waals surface area contributed by atoms with Gasteiger partial charge < -0.3 is 20.3 Å². The first-order valence-corrected chi connectivity index (χ1v) is 23.8. The Morgan fingerprint density at radius 3 is 1.48 bits per heavy atom. The van der Waals surface area contributed by atoms with E-state index in [-0.39, 0.29) is 31.3 Å². The number of hydrogen-bond acceptors (Lipinski definition) is 5. The summed E-state index contributed by atoms with van der Waals surface area (Å²) in [5.41, 5.74) is 0. The van der Waals surface area contributed by atoms with Gasteiger partial charge in [0.25, 0.3) is 0 Å². The van der Waals surface area contributed by atoms with Crippen LogP contribution in [0, 0.1) is 0 Å². The summed E-state index contributed by atoms with van der Waals surface area (Å²) >= 11 is 0. The number of rotatable bonds is 40. The number of esters is 1. The molecule has 0 aromatic heterocycles. The summed E-state index contributed by atoms with van der Waals surface area (Å²) in [4.78, 5) is 26.0. The monoisotopic (exact) mass is 830 g/mol. The molecule has 3 atom stereocenters. The third-order valence-corrected chi connectivity index (χ3v) is 9.92. The lowest BCUT2D eigenvalue weighted by atomic mass is 10.0. The number of unbranched alkanes of at least 4 members (excludes halogenated alkanes) is 13. The molecular weight excluding hydrogens is 743 g/mol. The predicted octanol–water partition coefficient (Wildman–Crippen LogP) is 14.1. The summed E-state index contributed by atoms with van der Waals surface area (Å²) in [7, 11) is 0. The maximum atomic E-state index is 13.1. The van der Waals surface area contributed by atoms with Crippen molar-refractivity contribution in [1.29, 1.82) is 0 Å². The largest absolute Gasteiger partial charge is 0.461 e. The van der Waals surface area contributed by atoms with Crippen molar-refractivity contribution < 1.29 is 24.5 Å². The Morgan fingerprint density at radius 1 is 0.533 bits per heavy atom. The van der Waals surface area contributed by atoms with Crippen LogP contribution >= 0.6 is 0 Å². The standard InChI is InChI=1S/C54H87NO5/c1-4-7-10-13-16-19-22-25-26-29-30-33-36-39-42-45-50(60-54(59)47-44-41-38-35-32-28-24-21-18-15-12-9-6-3)48-53(58)55-51(49-56)52(57)46-43-40-37-34-31-27-23-20-17-14-11-8-5-2/h7,9-10,12,15-16,18-19,21,24-26,28,30,32-33,35,38-39,42,50-52,56-57H,4-6,8,11,13-14,17,20,22-23,27,29,31,34,36-37,40-41,43-49H2,1-3H3,(H,55,58)/b10-7-,12-9+,18-15+,19-16-,24-21-,26-25-,32-28-,33-30-,38-35+,42-39-. The van der Waals surface area contributed by atoms with Crippen molar-refractivity contribution in [3.63, 3.8) is 0 Å². The van der Waals surface area contributed by atoms with Crippen molar-refractivity contribution in [1.82, 2.24) is 5.32 Å². The van der Waals surface area contributed by atoms with Gasteiger partial charge in [-0.25, -0.2) is 0 Å². The number of nitrogens with one attached hydrogen (secondary N) is 1. The van der Waals surface area contributed by atoms with Crippen LogP contribution in [-0.2, 0) is 14.3 Å². The lowest BCUT2D eigenvalue weighted by molar-refractivity contribution is -0.150. The number of allylic oxidation sites excluding steroid dienone is 19. The molecule has 0 aliphatic rings. The van der Waals surface area contributed by atoms with Crippen molar-refractivity contribution in [2.45, 2.75) is 200 Å². The number of carbonyl (C=O) groups excluding carboxylic acids is 2. The van der Waals surface area contributed by atoms with E-state index in [0.29, 0.717) is 19.3 Å². The maximum absolute atomic E-state index is 13.1. The Kier molecular flexibility index (Phi) is 43.4.